The fourth-order valence-corrected chi connectivity index (χ4v) is 4.01. The summed E-state index contributed by atoms with van der Waals surface area (Å²) >= 11 is 5.14. The van der Waals surface area contributed by atoms with E-state index in [9.17, 15) is 4.79 Å². The summed E-state index contributed by atoms with van der Waals surface area (Å²) in [6.45, 7) is 2.35. The van der Waals surface area contributed by atoms with Gasteiger partial charge in [-0.1, -0.05) is 0 Å². The van der Waals surface area contributed by atoms with Crippen molar-refractivity contribution in [3.8, 4) is 0 Å². The van der Waals surface area contributed by atoms with Gasteiger partial charge in [0.25, 0.3) is 0 Å². The summed E-state index contributed by atoms with van der Waals surface area (Å²) in [6.07, 6.45) is 3.57. The summed E-state index contributed by atoms with van der Waals surface area (Å²) in [4.78, 5) is 21.7. The molecule has 0 atom stereocenters. The van der Waals surface area contributed by atoms with Gasteiger partial charge in [0.05, 0.1) is 18.4 Å². The van der Waals surface area contributed by atoms with Crippen LogP contribution < -0.4 is 10.2 Å². The molecule has 25 heavy (non-hydrogen) atoms. The Labute approximate surface area is 176 Å². The summed E-state index contributed by atoms with van der Waals surface area (Å²) in [5, 5.41) is 9.51. The van der Waals surface area contributed by atoms with Crippen LogP contribution in [0.2, 0.25) is 0 Å². The quantitative estimate of drug-likeness (QED) is 0.370. The zero-order chi connectivity index (χ0) is 17.1. The van der Waals surface area contributed by atoms with E-state index in [2.05, 4.69) is 42.8 Å². The third-order valence-corrected chi connectivity index (χ3v) is 5.48. The van der Waals surface area contributed by atoms with Crippen LogP contribution in [0.15, 0.2) is 33.3 Å². The third kappa shape index (κ3) is 4.94. The normalized spacial score (nSPS) is 15.3. The maximum absolute atomic E-state index is 12.5. The molecule has 10 heteroatoms. The second-order valence-electron chi connectivity index (χ2n) is 5.47. The van der Waals surface area contributed by atoms with E-state index in [4.69, 9.17) is 0 Å². The Kier molecular flexibility index (Phi) is 7.25. The van der Waals surface area contributed by atoms with Crippen LogP contribution in [0.5, 0.6) is 0 Å². The van der Waals surface area contributed by atoms with Gasteiger partial charge < -0.3 is 15.1 Å². The molecule has 1 N–H and O–H groups in total. The highest BCUT2D eigenvalue weighted by molar-refractivity contribution is 14.0. The van der Waals surface area contributed by atoms with Crippen molar-refractivity contribution in [2.75, 3.05) is 31.6 Å². The first-order valence-electron chi connectivity index (χ1n) is 7.54. The molecular formula is C15H20BrIN6OS. The molecule has 0 radical (unpaired) electrons. The molecule has 1 aliphatic rings. The number of amides is 1. The SMILES string of the molecule is CN=C(NCc1cc(Br)cs1)N1CCN(c2cnn(C)c2)C(=O)C1.I. The highest BCUT2D eigenvalue weighted by atomic mass is 127. The Hall–Kier alpha value is -1.14. The molecule has 0 aliphatic carbocycles. The number of aromatic nitrogens is 2. The first-order chi connectivity index (χ1) is 11.6. The number of hydrogen-bond acceptors (Lipinski definition) is 4. The number of nitrogens with zero attached hydrogens (tertiary/aromatic N) is 5. The van der Waals surface area contributed by atoms with Crippen molar-refractivity contribution in [2.24, 2.45) is 12.0 Å². The topological polar surface area (TPSA) is 65.8 Å². The van der Waals surface area contributed by atoms with Crippen molar-refractivity contribution in [2.45, 2.75) is 6.54 Å². The maximum atomic E-state index is 12.5. The molecule has 1 amide bonds. The van der Waals surface area contributed by atoms with Crippen molar-refractivity contribution in [3.05, 3.63) is 33.2 Å². The fourth-order valence-electron chi connectivity index (χ4n) is 2.62. The summed E-state index contributed by atoms with van der Waals surface area (Å²) < 4.78 is 2.79. The number of rotatable bonds is 3. The van der Waals surface area contributed by atoms with Crippen LogP contribution in [0.25, 0.3) is 0 Å². The second kappa shape index (κ2) is 8.99. The lowest BCUT2D eigenvalue weighted by Gasteiger charge is -2.35. The van der Waals surface area contributed by atoms with Crippen molar-refractivity contribution < 1.29 is 4.79 Å². The molecule has 3 rings (SSSR count). The van der Waals surface area contributed by atoms with Crippen molar-refractivity contribution >= 4 is 68.8 Å². The van der Waals surface area contributed by atoms with Crippen LogP contribution in [0.1, 0.15) is 4.88 Å². The van der Waals surface area contributed by atoms with Gasteiger partial charge >= 0.3 is 0 Å². The van der Waals surface area contributed by atoms with Crippen LogP contribution in [-0.2, 0) is 18.4 Å². The number of halogens is 2. The van der Waals surface area contributed by atoms with E-state index in [1.807, 2.05) is 18.1 Å². The molecule has 7 nitrogen and oxygen atoms in total. The first kappa shape index (κ1) is 20.2. The molecular weight excluding hydrogens is 519 g/mol. The lowest BCUT2D eigenvalue weighted by Crippen LogP contribution is -2.55. The lowest BCUT2D eigenvalue weighted by atomic mass is 10.3. The van der Waals surface area contributed by atoms with E-state index in [0.29, 0.717) is 19.6 Å². The first-order valence-corrected chi connectivity index (χ1v) is 9.21. The Balaban J connectivity index is 0.00000225. The number of carbonyl (C=O) groups excluding carboxylic acids is 1. The van der Waals surface area contributed by atoms with Crippen LogP contribution in [0.4, 0.5) is 5.69 Å². The lowest BCUT2D eigenvalue weighted by molar-refractivity contribution is -0.120. The maximum Gasteiger partial charge on any atom is 0.246 e. The number of piperazine rings is 1. The van der Waals surface area contributed by atoms with Crippen molar-refractivity contribution in [1.29, 1.82) is 0 Å². The summed E-state index contributed by atoms with van der Waals surface area (Å²) in [5.74, 6) is 0.801. The summed E-state index contributed by atoms with van der Waals surface area (Å²) in [5.41, 5.74) is 0.841. The van der Waals surface area contributed by atoms with Gasteiger partial charge in [0, 0.05) is 48.1 Å². The van der Waals surface area contributed by atoms with Gasteiger partial charge in [-0.3, -0.25) is 14.5 Å². The van der Waals surface area contributed by atoms with Gasteiger partial charge in [0.2, 0.25) is 5.91 Å². The van der Waals surface area contributed by atoms with E-state index < -0.39 is 0 Å². The molecule has 0 bridgehead atoms. The van der Waals surface area contributed by atoms with Crippen LogP contribution >= 0.6 is 51.2 Å². The van der Waals surface area contributed by atoms with Crippen LogP contribution in [0.3, 0.4) is 0 Å². The van der Waals surface area contributed by atoms with E-state index in [1.165, 1.54) is 4.88 Å². The largest absolute Gasteiger partial charge is 0.351 e. The number of anilines is 1. The average Bonchev–Trinajstić information content (AvgIpc) is 3.16. The molecule has 1 aliphatic heterocycles. The molecule has 1 saturated heterocycles. The predicted octanol–water partition coefficient (Wildman–Crippen LogP) is 2.29. The Morgan fingerprint density at radius 3 is 2.84 bits per heavy atom. The molecule has 0 aromatic carbocycles. The number of aliphatic imine (C=N–C) groups is 1. The van der Waals surface area contributed by atoms with Crippen LogP contribution in [-0.4, -0.2) is 53.2 Å². The molecule has 136 valence electrons. The van der Waals surface area contributed by atoms with Gasteiger partial charge in [-0.25, -0.2) is 0 Å². The zero-order valence-electron chi connectivity index (χ0n) is 14.0. The van der Waals surface area contributed by atoms with Crippen LogP contribution in [0, 0.1) is 0 Å². The summed E-state index contributed by atoms with van der Waals surface area (Å²) in [7, 11) is 3.59. The van der Waals surface area contributed by atoms with Crippen molar-refractivity contribution in [3.63, 3.8) is 0 Å². The molecule has 0 spiro atoms. The van der Waals surface area contributed by atoms with E-state index in [1.54, 1.807) is 34.2 Å². The molecule has 2 aromatic heterocycles. The van der Waals surface area contributed by atoms with Crippen molar-refractivity contribution in [1.82, 2.24) is 20.0 Å². The van der Waals surface area contributed by atoms with Gasteiger partial charge in [-0.15, -0.1) is 35.3 Å². The monoisotopic (exact) mass is 538 g/mol. The minimum absolute atomic E-state index is 0. The minimum atomic E-state index is 0. The Morgan fingerprint density at radius 2 is 2.28 bits per heavy atom. The molecule has 0 unspecified atom stereocenters. The number of thiophene rings is 1. The average molecular weight is 539 g/mol. The van der Waals surface area contributed by atoms with Gasteiger partial charge in [0.15, 0.2) is 5.96 Å². The molecule has 3 heterocycles. The number of carbonyl (C=O) groups is 1. The van der Waals surface area contributed by atoms with Gasteiger partial charge in [0.1, 0.15) is 6.54 Å². The highest BCUT2D eigenvalue weighted by Gasteiger charge is 2.27. The molecule has 1 fully saturated rings. The second-order valence-corrected chi connectivity index (χ2v) is 7.38. The Morgan fingerprint density at radius 1 is 1.48 bits per heavy atom. The fraction of sp³-hybridized carbons (Fsp3) is 0.400. The smallest absolute Gasteiger partial charge is 0.246 e. The zero-order valence-corrected chi connectivity index (χ0v) is 18.7. The van der Waals surface area contributed by atoms with Gasteiger partial charge in [-0.05, 0) is 22.0 Å². The number of guanidine groups is 1. The number of hydrogen-bond donors (Lipinski definition) is 1. The predicted molar refractivity (Wildman–Crippen MR) is 115 cm³/mol. The molecule has 2 aromatic rings. The third-order valence-electron chi connectivity index (χ3n) is 3.78. The highest BCUT2D eigenvalue weighted by Crippen LogP contribution is 2.20. The summed E-state index contributed by atoms with van der Waals surface area (Å²) in [6, 6.07) is 2.08. The molecule has 0 saturated carbocycles. The van der Waals surface area contributed by atoms with E-state index in [-0.39, 0.29) is 29.9 Å². The number of aryl methyl sites for hydroxylation is 1. The van der Waals surface area contributed by atoms with E-state index >= 15 is 0 Å². The minimum Gasteiger partial charge on any atom is -0.351 e. The van der Waals surface area contributed by atoms with E-state index in [0.717, 1.165) is 22.7 Å². The standard InChI is InChI=1S/C15H19BrN6OS.HI/c1-17-15(18-7-13-5-11(16)10-24-13)21-3-4-22(14(23)9-21)12-6-19-20(2)8-12;/h5-6,8,10H,3-4,7,9H2,1-2H3,(H,17,18);1H. The van der Waals surface area contributed by atoms with Gasteiger partial charge in [-0.2, -0.15) is 5.10 Å². The Bertz CT molecular complexity index is 761. The number of nitrogens with one attached hydrogen (secondary N) is 1.